The lowest BCUT2D eigenvalue weighted by Gasteiger charge is -2.25. The van der Waals surface area contributed by atoms with E-state index in [1.54, 1.807) is 14.2 Å². The number of aryl methyl sites for hydroxylation is 3. The fourth-order valence-electron chi connectivity index (χ4n) is 5.66. The Bertz CT molecular complexity index is 2100. The molecule has 7 aromatic rings. The van der Waals surface area contributed by atoms with Gasteiger partial charge in [-0.05, 0) is 80.4 Å². The lowest BCUT2D eigenvalue weighted by molar-refractivity contribution is 0.401. The number of rotatable bonds is 9. The predicted octanol–water partition coefficient (Wildman–Crippen LogP) is 13.8. The summed E-state index contributed by atoms with van der Waals surface area (Å²) < 4.78 is 11.5. The average Bonchev–Trinajstić information content (AvgIpc) is 3.22. The molecule has 0 aromatic heterocycles. The van der Waals surface area contributed by atoms with Gasteiger partial charge in [-0.15, -0.1) is 0 Å². The first-order valence-electron chi connectivity index (χ1n) is 18.2. The maximum absolute atomic E-state index is 5.74. The third-order valence-corrected chi connectivity index (χ3v) is 8.63. The van der Waals surface area contributed by atoms with Crippen LogP contribution in [-0.4, -0.2) is 14.2 Å². The molecule has 3 heteroatoms. The third kappa shape index (κ3) is 11.7. The summed E-state index contributed by atoms with van der Waals surface area (Å²) in [6.45, 7) is 6.26. The van der Waals surface area contributed by atoms with Crippen molar-refractivity contribution in [1.82, 2.24) is 0 Å². The molecular weight excluding hydrogens is 659 g/mol. The van der Waals surface area contributed by atoms with E-state index in [0.717, 1.165) is 50.8 Å². The van der Waals surface area contributed by atoms with Gasteiger partial charge in [0, 0.05) is 28.2 Å². The highest BCUT2D eigenvalue weighted by atomic mass is 16.5. The highest BCUT2D eigenvalue weighted by Gasteiger charge is 2.12. The third-order valence-electron chi connectivity index (χ3n) is 8.63. The fraction of sp³-hybridized carbons (Fsp3) is 0.0980. The van der Waals surface area contributed by atoms with Crippen molar-refractivity contribution in [2.75, 3.05) is 19.1 Å². The summed E-state index contributed by atoms with van der Waals surface area (Å²) in [7, 11) is 3.39. The monoisotopic (exact) mass is 707 g/mol. The van der Waals surface area contributed by atoms with Crippen molar-refractivity contribution >= 4 is 41.4 Å². The molecule has 3 nitrogen and oxygen atoms in total. The lowest BCUT2D eigenvalue weighted by Crippen LogP contribution is -2.09. The first-order valence-corrected chi connectivity index (χ1v) is 18.2. The Labute approximate surface area is 322 Å². The summed E-state index contributed by atoms with van der Waals surface area (Å²) in [4.78, 5) is 2.25. The van der Waals surface area contributed by atoms with Gasteiger partial charge in [0.1, 0.15) is 11.5 Å². The highest BCUT2D eigenvalue weighted by Crippen LogP contribution is 2.35. The van der Waals surface area contributed by atoms with E-state index in [0.29, 0.717) is 0 Å². The molecule has 0 aliphatic rings. The van der Waals surface area contributed by atoms with Crippen LogP contribution >= 0.6 is 0 Å². The minimum atomic E-state index is 0.788. The molecule has 0 aliphatic heterocycles. The topological polar surface area (TPSA) is 21.7 Å². The number of methoxy groups -OCH3 is 2. The van der Waals surface area contributed by atoms with Crippen LogP contribution in [-0.2, 0) is 0 Å². The van der Waals surface area contributed by atoms with E-state index in [2.05, 4.69) is 171 Å². The Morgan fingerprint density at radius 3 is 1.00 bits per heavy atom. The number of benzene rings is 7. The van der Waals surface area contributed by atoms with E-state index in [1.807, 2.05) is 60.7 Å². The standard InChI is InChI=1S/C37H33NO2.2C7H8/c1-28-14-16-29(17-15-28)18-22-31-26-37(40-3)32(27-36(31)39-2)23-19-30-20-24-35(25-21-30)38(33-10-6-4-7-11-33)34-12-8-5-9-13-34;2*1-7-5-3-2-4-6-7/h4-27H,1-3H3;2*2-6H,1H3/b22-18+,23-19+;;. The van der Waals surface area contributed by atoms with Crippen LogP contribution in [0.4, 0.5) is 17.1 Å². The second-order valence-electron chi connectivity index (χ2n) is 12.8. The molecule has 0 aliphatic carbocycles. The first kappa shape index (κ1) is 38.6. The minimum absolute atomic E-state index is 0.788. The Hall–Kier alpha value is -6.58. The number of hydrogen-bond donors (Lipinski definition) is 0. The van der Waals surface area contributed by atoms with E-state index in [1.165, 1.54) is 16.7 Å². The van der Waals surface area contributed by atoms with Gasteiger partial charge in [-0.3, -0.25) is 0 Å². The maximum Gasteiger partial charge on any atom is 0.126 e. The van der Waals surface area contributed by atoms with Gasteiger partial charge >= 0.3 is 0 Å². The maximum atomic E-state index is 5.74. The van der Waals surface area contributed by atoms with Crippen LogP contribution in [0.25, 0.3) is 24.3 Å². The number of nitrogens with zero attached hydrogens (tertiary/aromatic N) is 1. The molecule has 0 radical (unpaired) electrons. The molecule has 54 heavy (non-hydrogen) atoms. The molecule has 0 spiro atoms. The number of hydrogen-bond acceptors (Lipinski definition) is 3. The van der Waals surface area contributed by atoms with Crippen molar-refractivity contribution in [2.45, 2.75) is 20.8 Å². The zero-order chi connectivity index (χ0) is 38.0. The van der Waals surface area contributed by atoms with Crippen LogP contribution in [0.5, 0.6) is 11.5 Å². The smallest absolute Gasteiger partial charge is 0.126 e. The van der Waals surface area contributed by atoms with Gasteiger partial charge in [-0.2, -0.15) is 0 Å². The van der Waals surface area contributed by atoms with E-state index in [9.17, 15) is 0 Å². The van der Waals surface area contributed by atoms with Gasteiger partial charge < -0.3 is 14.4 Å². The fourth-order valence-corrected chi connectivity index (χ4v) is 5.66. The van der Waals surface area contributed by atoms with Crippen molar-refractivity contribution < 1.29 is 9.47 Å². The quantitative estimate of drug-likeness (QED) is 0.139. The van der Waals surface area contributed by atoms with Crippen molar-refractivity contribution in [1.29, 1.82) is 0 Å². The SMILES string of the molecule is COc1cc(/C=C/c2ccc(N(c3ccccc3)c3ccccc3)cc2)c(OC)cc1/C=C/c1ccc(C)cc1.Cc1ccccc1.Cc1ccccc1. The molecule has 0 amide bonds. The molecule has 0 atom stereocenters. The molecule has 270 valence electrons. The molecular formula is C51H49NO2. The lowest BCUT2D eigenvalue weighted by atomic mass is 10.0. The normalized spacial score (nSPS) is 10.5. The summed E-state index contributed by atoms with van der Waals surface area (Å²) >= 11 is 0. The molecule has 7 aromatic carbocycles. The predicted molar refractivity (Wildman–Crippen MR) is 232 cm³/mol. The minimum Gasteiger partial charge on any atom is -0.496 e. The Morgan fingerprint density at radius 2 is 0.667 bits per heavy atom. The summed E-state index contributed by atoms with van der Waals surface area (Å²) in [5.74, 6) is 1.58. The van der Waals surface area contributed by atoms with Crippen molar-refractivity contribution in [3.63, 3.8) is 0 Å². The van der Waals surface area contributed by atoms with Crippen LogP contribution in [0, 0.1) is 20.8 Å². The van der Waals surface area contributed by atoms with E-state index in [4.69, 9.17) is 9.47 Å². The van der Waals surface area contributed by atoms with Gasteiger partial charge in [0.05, 0.1) is 14.2 Å². The molecule has 0 fully saturated rings. The second kappa shape index (κ2) is 20.5. The van der Waals surface area contributed by atoms with Gasteiger partial charge in [0.15, 0.2) is 0 Å². The van der Waals surface area contributed by atoms with E-state index < -0.39 is 0 Å². The van der Waals surface area contributed by atoms with Crippen molar-refractivity contribution in [3.8, 4) is 11.5 Å². The highest BCUT2D eigenvalue weighted by molar-refractivity contribution is 5.80. The van der Waals surface area contributed by atoms with Crippen LogP contribution < -0.4 is 14.4 Å². The summed E-state index contributed by atoms with van der Waals surface area (Å²) in [6, 6.07) is 62.4. The van der Waals surface area contributed by atoms with Gasteiger partial charge in [-0.1, -0.05) is 174 Å². The Balaban J connectivity index is 0.000000333. The van der Waals surface area contributed by atoms with Crippen LogP contribution in [0.3, 0.4) is 0 Å². The van der Waals surface area contributed by atoms with Crippen molar-refractivity contribution in [3.05, 3.63) is 221 Å². The summed E-state index contributed by atoms with van der Waals surface area (Å²) in [6.07, 6.45) is 8.31. The number of para-hydroxylation sites is 2. The molecule has 0 bridgehead atoms. The zero-order valence-electron chi connectivity index (χ0n) is 31.9. The molecule has 0 saturated heterocycles. The van der Waals surface area contributed by atoms with Crippen molar-refractivity contribution in [2.24, 2.45) is 0 Å². The van der Waals surface area contributed by atoms with Gasteiger partial charge in [-0.25, -0.2) is 0 Å². The largest absolute Gasteiger partial charge is 0.496 e. The summed E-state index contributed by atoms with van der Waals surface area (Å²) in [5, 5.41) is 0. The van der Waals surface area contributed by atoms with Crippen LogP contribution in [0.2, 0.25) is 0 Å². The van der Waals surface area contributed by atoms with Crippen LogP contribution in [0.15, 0.2) is 182 Å². The summed E-state index contributed by atoms with van der Waals surface area (Å²) in [5.41, 5.74) is 11.4. The number of ether oxygens (including phenoxy) is 2. The molecule has 0 saturated carbocycles. The van der Waals surface area contributed by atoms with Gasteiger partial charge in [0.2, 0.25) is 0 Å². The second-order valence-corrected chi connectivity index (χ2v) is 12.8. The van der Waals surface area contributed by atoms with E-state index in [-0.39, 0.29) is 0 Å². The van der Waals surface area contributed by atoms with Crippen LogP contribution in [0.1, 0.15) is 38.9 Å². The first-order chi connectivity index (χ1) is 26.4. The molecule has 0 N–H and O–H groups in total. The number of anilines is 3. The molecule has 7 rings (SSSR count). The van der Waals surface area contributed by atoms with Gasteiger partial charge in [0.25, 0.3) is 0 Å². The molecule has 0 unspecified atom stereocenters. The Kier molecular flexibility index (Phi) is 14.6. The average molecular weight is 708 g/mol. The zero-order valence-corrected chi connectivity index (χ0v) is 31.9. The van der Waals surface area contributed by atoms with E-state index >= 15 is 0 Å². The molecule has 0 heterocycles. The Morgan fingerprint density at radius 1 is 0.352 bits per heavy atom.